The minimum absolute atomic E-state index is 0.251. The molecule has 0 radical (unpaired) electrons. The van der Waals surface area contributed by atoms with Gasteiger partial charge in [-0.15, -0.1) is 0 Å². The van der Waals surface area contributed by atoms with Gasteiger partial charge in [0.2, 0.25) is 5.91 Å². The van der Waals surface area contributed by atoms with Crippen LogP contribution in [0, 0.1) is 0 Å². The minimum atomic E-state index is -1.97. The lowest BCUT2D eigenvalue weighted by Gasteiger charge is -2.48. The maximum Gasteiger partial charge on any atom is 0.220 e. The van der Waals surface area contributed by atoms with E-state index in [1.54, 1.807) is 0 Å². The average Bonchev–Trinajstić information content (AvgIpc) is 1.80. The second kappa shape index (κ2) is 51.7. The Labute approximate surface area is 530 Å². The van der Waals surface area contributed by atoms with Crippen molar-refractivity contribution >= 4 is 5.91 Å². The van der Waals surface area contributed by atoms with Gasteiger partial charge < -0.3 is 89.9 Å². The maximum atomic E-state index is 13.4. The van der Waals surface area contributed by atoms with Crippen molar-refractivity contribution in [1.82, 2.24) is 5.32 Å². The molecule has 0 bridgehead atoms. The van der Waals surface area contributed by atoms with Gasteiger partial charge in [-0.2, -0.15) is 0 Å². The van der Waals surface area contributed by atoms with E-state index in [1.165, 1.54) is 167 Å². The van der Waals surface area contributed by atoms with E-state index in [0.717, 1.165) is 77.0 Å². The molecule has 0 saturated carbocycles. The van der Waals surface area contributed by atoms with Gasteiger partial charge in [-0.05, 0) is 38.5 Å². The molecule has 88 heavy (non-hydrogen) atoms. The average molecular weight is 1260 g/mol. The molecular weight excluding hydrogens is 1130 g/mol. The molecule has 0 spiro atoms. The fraction of sp³-hybridized carbons (Fsp3) is 0.928. The van der Waals surface area contributed by atoms with Crippen molar-refractivity contribution in [3.05, 3.63) is 24.3 Å². The molecule has 3 fully saturated rings. The molecule has 1 amide bonds. The van der Waals surface area contributed by atoms with Gasteiger partial charge >= 0.3 is 0 Å². The number of hydrogen-bond acceptors (Lipinski definition) is 18. The van der Waals surface area contributed by atoms with Gasteiger partial charge in [0.15, 0.2) is 18.9 Å². The highest BCUT2D eigenvalue weighted by molar-refractivity contribution is 5.76. The van der Waals surface area contributed by atoms with Gasteiger partial charge in [-0.25, -0.2) is 0 Å². The van der Waals surface area contributed by atoms with E-state index in [0.29, 0.717) is 12.8 Å². The van der Waals surface area contributed by atoms with Gasteiger partial charge in [0.25, 0.3) is 0 Å². The molecule has 3 rings (SSSR count). The monoisotopic (exact) mass is 1260 g/mol. The Hall–Kier alpha value is -1.73. The van der Waals surface area contributed by atoms with Crippen LogP contribution in [0.25, 0.3) is 0 Å². The molecule has 19 heteroatoms. The Balaban J connectivity index is 1.37. The van der Waals surface area contributed by atoms with Crippen LogP contribution in [0.15, 0.2) is 24.3 Å². The third kappa shape index (κ3) is 33.4. The molecule has 12 N–H and O–H groups in total. The standard InChI is InChI=1S/C69H129NO18/c1-3-5-7-9-11-13-15-17-18-19-20-21-22-23-24-25-26-27-28-29-30-31-32-33-35-36-38-40-42-44-46-53(74)52(70-57(75)47-45-43-41-39-37-34-16-14-12-10-8-6-4-2)51-83-67-63(81)60(78)65(55(49-72)85-67)88-69-64(82)61(79)66(56(50-73)86-69)87-68-62(80)59(77)58(76)54(48-71)84-68/h8,10,14,16,52-56,58-69,71-74,76-82H,3-7,9,11-13,15,17-51H2,1-2H3,(H,70,75)/b10-8-,16-14-. The van der Waals surface area contributed by atoms with Crippen molar-refractivity contribution in [2.45, 2.75) is 381 Å². The normalized spacial score (nSPS) is 28.5. The number of allylic oxidation sites excluding steroid dienone is 4. The topological polar surface area (TPSA) is 307 Å². The van der Waals surface area contributed by atoms with Crippen LogP contribution in [0.4, 0.5) is 0 Å². The van der Waals surface area contributed by atoms with Crippen molar-refractivity contribution in [3.8, 4) is 0 Å². The fourth-order valence-corrected chi connectivity index (χ4v) is 12.2. The van der Waals surface area contributed by atoms with Crippen LogP contribution in [0.2, 0.25) is 0 Å². The van der Waals surface area contributed by atoms with Crippen LogP contribution in [0.1, 0.15) is 277 Å². The summed E-state index contributed by atoms with van der Waals surface area (Å²) in [6.45, 7) is 1.74. The highest BCUT2D eigenvalue weighted by atomic mass is 16.8. The first-order valence-electron chi connectivity index (χ1n) is 35.6. The summed E-state index contributed by atoms with van der Waals surface area (Å²) in [4.78, 5) is 13.4. The highest BCUT2D eigenvalue weighted by Gasteiger charge is 2.53. The lowest BCUT2D eigenvalue weighted by atomic mass is 9.96. The summed E-state index contributed by atoms with van der Waals surface area (Å²) in [5, 5.41) is 121. The van der Waals surface area contributed by atoms with Crippen molar-refractivity contribution in [1.29, 1.82) is 0 Å². The van der Waals surface area contributed by atoms with Crippen LogP contribution in [-0.2, 0) is 33.2 Å². The van der Waals surface area contributed by atoms with E-state index >= 15 is 0 Å². The van der Waals surface area contributed by atoms with E-state index in [9.17, 15) is 61.0 Å². The minimum Gasteiger partial charge on any atom is -0.394 e. The first-order valence-corrected chi connectivity index (χ1v) is 35.6. The number of rotatable bonds is 55. The number of aliphatic hydroxyl groups excluding tert-OH is 11. The third-order valence-corrected chi connectivity index (χ3v) is 18.0. The highest BCUT2D eigenvalue weighted by Crippen LogP contribution is 2.33. The van der Waals surface area contributed by atoms with Crippen LogP contribution in [-0.4, -0.2) is 193 Å². The zero-order chi connectivity index (χ0) is 64.0. The van der Waals surface area contributed by atoms with Crippen molar-refractivity contribution in [3.63, 3.8) is 0 Å². The number of aliphatic hydroxyl groups is 11. The molecule has 17 unspecified atom stereocenters. The zero-order valence-electron chi connectivity index (χ0n) is 54.7. The van der Waals surface area contributed by atoms with Gasteiger partial charge in [0.05, 0.1) is 38.6 Å². The van der Waals surface area contributed by atoms with E-state index in [2.05, 4.69) is 43.5 Å². The number of amides is 1. The SMILES string of the molecule is CCC/C=C\C/C=C\CCCCCCCC(=O)NC(COC1OC(CO)C(OC2OC(CO)C(OC3OC(CO)C(O)C(O)C3O)C(O)C2O)C(O)C1O)C(O)CCCCCCCCCCCCCCCCCCCCCCCCCCCCCCCC. The fourth-order valence-electron chi connectivity index (χ4n) is 12.2. The van der Waals surface area contributed by atoms with Crippen LogP contribution in [0.5, 0.6) is 0 Å². The lowest BCUT2D eigenvalue weighted by Crippen LogP contribution is -2.66. The smallest absolute Gasteiger partial charge is 0.220 e. The van der Waals surface area contributed by atoms with Crippen molar-refractivity contribution in [2.24, 2.45) is 0 Å². The number of carbonyl (C=O) groups excluding carboxylic acids is 1. The number of nitrogens with one attached hydrogen (secondary N) is 1. The first-order chi connectivity index (χ1) is 42.8. The van der Waals surface area contributed by atoms with Crippen LogP contribution >= 0.6 is 0 Å². The van der Waals surface area contributed by atoms with Gasteiger partial charge in [0.1, 0.15) is 73.2 Å². The van der Waals surface area contributed by atoms with E-state index in [4.69, 9.17) is 28.4 Å². The Bertz CT molecular complexity index is 1690. The van der Waals surface area contributed by atoms with Crippen molar-refractivity contribution in [2.75, 3.05) is 26.4 Å². The maximum absolute atomic E-state index is 13.4. The molecule has 0 aromatic carbocycles. The molecular formula is C69H129NO18. The second-order valence-electron chi connectivity index (χ2n) is 25.7. The summed E-state index contributed by atoms with van der Waals surface area (Å²) in [6.07, 6.45) is 31.4. The summed E-state index contributed by atoms with van der Waals surface area (Å²) in [7, 11) is 0. The quantitative estimate of drug-likeness (QED) is 0.0199. The molecule has 0 aromatic heterocycles. The Kier molecular flexibility index (Phi) is 47.3. The number of carbonyl (C=O) groups is 1. The third-order valence-electron chi connectivity index (χ3n) is 18.0. The molecule has 3 aliphatic rings. The van der Waals surface area contributed by atoms with Crippen LogP contribution in [0.3, 0.4) is 0 Å². The molecule has 17 atom stereocenters. The summed E-state index contributed by atoms with van der Waals surface area (Å²) < 4.78 is 34.4. The summed E-state index contributed by atoms with van der Waals surface area (Å²) in [5.41, 5.74) is 0. The molecule has 3 saturated heterocycles. The molecule has 19 nitrogen and oxygen atoms in total. The predicted octanol–water partition coefficient (Wildman–Crippen LogP) is 9.44. The van der Waals surface area contributed by atoms with E-state index in [1.807, 2.05) is 0 Å². The number of unbranched alkanes of at least 4 members (excludes halogenated alkanes) is 35. The van der Waals surface area contributed by atoms with Crippen LogP contribution < -0.4 is 5.32 Å². The molecule has 3 aliphatic heterocycles. The summed E-state index contributed by atoms with van der Waals surface area (Å²) in [5.74, 6) is -0.255. The number of ether oxygens (including phenoxy) is 6. The van der Waals surface area contributed by atoms with E-state index in [-0.39, 0.29) is 18.9 Å². The molecule has 0 aliphatic carbocycles. The summed E-state index contributed by atoms with van der Waals surface area (Å²) >= 11 is 0. The van der Waals surface area contributed by atoms with Crippen molar-refractivity contribution < 1.29 is 89.4 Å². The number of hydrogen-bond donors (Lipinski definition) is 12. The molecule has 518 valence electrons. The zero-order valence-corrected chi connectivity index (χ0v) is 54.7. The molecule has 0 aromatic rings. The second-order valence-corrected chi connectivity index (χ2v) is 25.7. The summed E-state index contributed by atoms with van der Waals surface area (Å²) in [6, 6.07) is -0.893. The Morgan fingerprint density at radius 1 is 0.409 bits per heavy atom. The van der Waals surface area contributed by atoms with Gasteiger partial charge in [-0.1, -0.05) is 256 Å². The van der Waals surface area contributed by atoms with E-state index < -0.39 is 124 Å². The molecule has 3 heterocycles. The lowest BCUT2D eigenvalue weighted by molar-refractivity contribution is -0.379. The van der Waals surface area contributed by atoms with Gasteiger partial charge in [-0.3, -0.25) is 4.79 Å². The largest absolute Gasteiger partial charge is 0.394 e. The Morgan fingerprint density at radius 2 is 0.773 bits per heavy atom. The van der Waals surface area contributed by atoms with Gasteiger partial charge in [0, 0.05) is 6.42 Å². The predicted molar refractivity (Wildman–Crippen MR) is 342 cm³/mol. The Morgan fingerprint density at radius 3 is 1.20 bits per heavy atom. The first kappa shape index (κ1) is 80.5.